The predicted molar refractivity (Wildman–Crippen MR) is 93.7 cm³/mol. The topological polar surface area (TPSA) is 97.1 Å². The van der Waals surface area contributed by atoms with Gasteiger partial charge in [0.2, 0.25) is 5.91 Å². The number of benzene rings is 1. The van der Waals surface area contributed by atoms with E-state index in [1.807, 2.05) is 29.2 Å². The summed E-state index contributed by atoms with van der Waals surface area (Å²) in [6.45, 7) is 6.42. The average Bonchev–Trinajstić information content (AvgIpc) is 2.61. The van der Waals surface area contributed by atoms with Crippen LogP contribution in [0.15, 0.2) is 24.3 Å². The molecule has 1 aliphatic rings. The predicted octanol–water partition coefficient (Wildman–Crippen LogP) is 0.275. The number of piperazine rings is 1. The summed E-state index contributed by atoms with van der Waals surface area (Å²) in [6, 6.07) is 6.32. The zero-order chi connectivity index (χ0) is 18.2. The lowest BCUT2D eigenvalue weighted by molar-refractivity contribution is -0.125. The van der Waals surface area contributed by atoms with Gasteiger partial charge in [0.1, 0.15) is 18.1 Å². The molecule has 138 valence electrons. The number of amides is 3. The molecule has 0 aromatic heterocycles. The van der Waals surface area contributed by atoms with Gasteiger partial charge in [-0.3, -0.25) is 19.9 Å². The molecule has 0 unspecified atom stereocenters. The lowest BCUT2D eigenvalue weighted by Gasteiger charge is -2.37. The summed E-state index contributed by atoms with van der Waals surface area (Å²) < 4.78 is 10.9. The standard InChI is InChI=1S/C17H26N4O4/c1-13(16(22)19-17(18)23)21-9-7-20(8-10-21)11-12-25-15-5-3-14(24-2)4-6-15/h3-6,13H,7-12H2,1-2H3,(H3,18,19,22,23)/t13-/m1/s1. The fourth-order valence-electron chi connectivity index (χ4n) is 2.73. The maximum Gasteiger partial charge on any atom is 0.318 e. The summed E-state index contributed by atoms with van der Waals surface area (Å²) in [5.74, 6) is 1.26. The Balaban J connectivity index is 1.67. The van der Waals surface area contributed by atoms with Gasteiger partial charge in [-0.15, -0.1) is 0 Å². The van der Waals surface area contributed by atoms with Crippen LogP contribution in [0.2, 0.25) is 0 Å². The van der Waals surface area contributed by atoms with Gasteiger partial charge < -0.3 is 15.2 Å². The molecule has 0 aliphatic carbocycles. The number of primary amides is 1. The van der Waals surface area contributed by atoms with Gasteiger partial charge in [0.15, 0.2) is 0 Å². The van der Waals surface area contributed by atoms with Crippen LogP contribution in [0.4, 0.5) is 4.79 Å². The highest BCUT2D eigenvalue weighted by molar-refractivity contribution is 5.96. The molecule has 1 fully saturated rings. The Bertz CT molecular complexity index is 571. The number of nitrogens with one attached hydrogen (secondary N) is 1. The molecule has 1 atom stereocenters. The van der Waals surface area contributed by atoms with E-state index < -0.39 is 6.03 Å². The van der Waals surface area contributed by atoms with Crippen LogP contribution in [-0.2, 0) is 4.79 Å². The van der Waals surface area contributed by atoms with Crippen molar-refractivity contribution in [1.29, 1.82) is 0 Å². The number of urea groups is 1. The summed E-state index contributed by atoms with van der Waals surface area (Å²) in [4.78, 5) is 26.9. The van der Waals surface area contributed by atoms with E-state index in [2.05, 4.69) is 10.2 Å². The number of hydrogen-bond donors (Lipinski definition) is 2. The minimum atomic E-state index is -0.814. The molecule has 0 saturated carbocycles. The molecule has 3 amide bonds. The molecule has 0 bridgehead atoms. The molecule has 0 radical (unpaired) electrons. The second kappa shape index (κ2) is 9.24. The summed E-state index contributed by atoms with van der Waals surface area (Å²) in [5.41, 5.74) is 4.98. The summed E-state index contributed by atoms with van der Waals surface area (Å²) in [7, 11) is 1.63. The highest BCUT2D eigenvalue weighted by Crippen LogP contribution is 2.17. The molecular formula is C17H26N4O4. The number of rotatable bonds is 7. The quantitative estimate of drug-likeness (QED) is 0.733. The average molecular weight is 350 g/mol. The van der Waals surface area contributed by atoms with Crippen LogP contribution < -0.4 is 20.5 Å². The normalized spacial score (nSPS) is 16.9. The minimum Gasteiger partial charge on any atom is -0.497 e. The number of imide groups is 1. The Kier molecular flexibility index (Phi) is 7.03. The van der Waals surface area contributed by atoms with Crippen molar-refractivity contribution in [3.63, 3.8) is 0 Å². The molecule has 1 aromatic rings. The first-order chi connectivity index (χ1) is 12.0. The molecule has 1 aliphatic heterocycles. The Morgan fingerprint density at radius 1 is 1.16 bits per heavy atom. The second-order valence-electron chi connectivity index (χ2n) is 5.93. The third-order valence-corrected chi connectivity index (χ3v) is 4.32. The molecule has 8 heteroatoms. The third kappa shape index (κ3) is 5.91. The zero-order valence-electron chi connectivity index (χ0n) is 14.7. The van der Waals surface area contributed by atoms with Crippen molar-refractivity contribution in [2.75, 3.05) is 46.4 Å². The Hall–Kier alpha value is -2.32. The van der Waals surface area contributed by atoms with Crippen LogP contribution in [-0.4, -0.2) is 74.2 Å². The number of nitrogens with two attached hydrogens (primary N) is 1. The fraction of sp³-hybridized carbons (Fsp3) is 0.529. The van der Waals surface area contributed by atoms with Gasteiger partial charge in [-0.05, 0) is 31.2 Å². The van der Waals surface area contributed by atoms with Gasteiger partial charge in [0.25, 0.3) is 0 Å². The Labute approximate surface area is 147 Å². The summed E-state index contributed by atoms with van der Waals surface area (Å²) >= 11 is 0. The number of nitrogens with zero attached hydrogens (tertiary/aromatic N) is 2. The van der Waals surface area contributed by atoms with Crippen molar-refractivity contribution >= 4 is 11.9 Å². The number of carbonyl (C=O) groups excluding carboxylic acids is 2. The van der Waals surface area contributed by atoms with E-state index in [1.165, 1.54) is 0 Å². The molecule has 2 rings (SSSR count). The maximum atomic E-state index is 11.8. The molecular weight excluding hydrogens is 324 g/mol. The number of hydrogen-bond acceptors (Lipinski definition) is 6. The van der Waals surface area contributed by atoms with Gasteiger partial charge in [-0.25, -0.2) is 4.79 Å². The monoisotopic (exact) mass is 350 g/mol. The molecule has 1 heterocycles. The third-order valence-electron chi connectivity index (χ3n) is 4.32. The molecule has 0 spiro atoms. The Morgan fingerprint density at radius 3 is 2.32 bits per heavy atom. The van der Waals surface area contributed by atoms with E-state index in [1.54, 1.807) is 14.0 Å². The first kappa shape index (κ1) is 19.0. The maximum absolute atomic E-state index is 11.8. The van der Waals surface area contributed by atoms with Crippen LogP contribution in [0.1, 0.15) is 6.92 Å². The van der Waals surface area contributed by atoms with E-state index in [9.17, 15) is 9.59 Å². The van der Waals surface area contributed by atoms with E-state index in [0.717, 1.165) is 44.2 Å². The van der Waals surface area contributed by atoms with Crippen molar-refractivity contribution in [3.05, 3.63) is 24.3 Å². The van der Waals surface area contributed by atoms with E-state index in [-0.39, 0.29) is 11.9 Å². The lowest BCUT2D eigenvalue weighted by Crippen LogP contribution is -2.55. The fourth-order valence-corrected chi connectivity index (χ4v) is 2.73. The van der Waals surface area contributed by atoms with Crippen molar-refractivity contribution < 1.29 is 19.1 Å². The van der Waals surface area contributed by atoms with Crippen molar-refractivity contribution in [1.82, 2.24) is 15.1 Å². The zero-order valence-corrected chi connectivity index (χ0v) is 14.7. The van der Waals surface area contributed by atoms with Crippen LogP contribution in [0.5, 0.6) is 11.5 Å². The van der Waals surface area contributed by atoms with Gasteiger partial charge in [0, 0.05) is 32.7 Å². The molecule has 1 saturated heterocycles. The molecule has 1 aromatic carbocycles. The Morgan fingerprint density at radius 2 is 1.76 bits per heavy atom. The lowest BCUT2D eigenvalue weighted by atomic mass is 10.2. The van der Waals surface area contributed by atoms with E-state index in [0.29, 0.717) is 6.61 Å². The van der Waals surface area contributed by atoms with E-state index >= 15 is 0 Å². The highest BCUT2D eigenvalue weighted by Gasteiger charge is 2.25. The summed E-state index contributed by atoms with van der Waals surface area (Å²) in [6.07, 6.45) is 0. The van der Waals surface area contributed by atoms with Gasteiger partial charge in [-0.2, -0.15) is 0 Å². The highest BCUT2D eigenvalue weighted by atomic mass is 16.5. The number of methoxy groups -OCH3 is 1. The second-order valence-corrected chi connectivity index (χ2v) is 5.93. The van der Waals surface area contributed by atoms with Crippen LogP contribution >= 0.6 is 0 Å². The van der Waals surface area contributed by atoms with Gasteiger partial charge in [0.05, 0.1) is 13.2 Å². The smallest absolute Gasteiger partial charge is 0.318 e. The first-order valence-electron chi connectivity index (χ1n) is 8.33. The van der Waals surface area contributed by atoms with Crippen LogP contribution in [0.3, 0.4) is 0 Å². The minimum absolute atomic E-state index is 0.358. The van der Waals surface area contributed by atoms with Crippen molar-refractivity contribution in [3.8, 4) is 11.5 Å². The first-order valence-corrected chi connectivity index (χ1v) is 8.33. The van der Waals surface area contributed by atoms with Crippen molar-refractivity contribution in [2.24, 2.45) is 5.73 Å². The van der Waals surface area contributed by atoms with Crippen LogP contribution in [0.25, 0.3) is 0 Å². The number of carbonyl (C=O) groups is 2. The molecule has 8 nitrogen and oxygen atoms in total. The largest absolute Gasteiger partial charge is 0.497 e. The van der Waals surface area contributed by atoms with Gasteiger partial charge in [-0.1, -0.05) is 0 Å². The van der Waals surface area contributed by atoms with Crippen LogP contribution in [0, 0.1) is 0 Å². The number of ether oxygens (including phenoxy) is 2. The van der Waals surface area contributed by atoms with Gasteiger partial charge >= 0.3 is 6.03 Å². The summed E-state index contributed by atoms with van der Waals surface area (Å²) in [5, 5.41) is 2.13. The van der Waals surface area contributed by atoms with Crippen molar-refractivity contribution in [2.45, 2.75) is 13.0 Å². The molecule has 25 heavy (non-hydrogen) atoms. The SMILES string of the molecule is COc1ccc(OCCN2CCN([C@H](C)C(=O)NC(N)=O)CC2)cc1. The van der Waals surface area contributed by atoms with E-state index in [4.69, 9.17) is 15.2 Å². The molecule has 3 N–H and O–H groups in total.